The monoisotopic (exact) mass is 314 g/mol. The van der Waals surface area contributed by atoms with Crippen LogP contribution in [0.1, 0.15) is 24.1 Å². The van der Waals surface area contributed by atoms with Gasteiger partial charge in [-0.25, -0.2) is 15.0 Å². The van der Waals surface area contributed by atoms with Gasteiger partial charge in [0.2, 0.25) is 0 Å². The van der Waals surface area contributed by atoms with E-state index in [1.165, 1.54) is 5.56 Å². The van der Waals surface area contributed by atoms with E-state index in [0.717, 1.165) is 57.9 Å². The molecule has 4 rings (SSSR count). The molecule has 4 heterocycles. The van der Waals surface area contributed by atoms with E-state index in [9.17, 15) is 0 Å². The van der Waals surface area contributed by atoms with Gasteiger partial charge >= 0.3 is 0 Å². The molecule has 0 aliphatic carbocycles. The van der Waals surface area contributed by atoms with E-state index >= 15 is 0 Å². The number of hydrogen-bond acceptors (Lipinski definition) is 6. The summed E-state index contributed by atoms with van der Waals surface area (Å²) in [4.78, 5) is 14.6. The molecule has 1 fully saturated rings. The summed E-state index contributed by atoms with van der Waals surface area (Å²) in [5.74, 6) is 0.888. The van der Waals surface area contributed by atoms with Gasteiger partial charge in [0.05, 0.1) is 16.3 Å². The molecule has 0 aromatic carbocycles. The molecule has 1 atom stereocenters. The SMILES string of the molecule is Cc1cc2c(nc1C)sc1c(NCC3CCCO3)ncnc12. The lowest BCUT2D eigenvalue weighted by Gasteiger charge is -2.11. The summed E-state index contributed by atoms with van der Waals surface area (Å²) in [6, 6.07) is 2.17. The van der Waals surface area contributed by atoms with Crippen LogP contribution in [0.15, 0.2) is 12.4 Å². The third-order valence-electron chi connectivity index (χ3n) is 4.21. The number of aromatic nitrogens is 3. The Morgan fingerprint density at radius 2 is 2.27 bits per heavy atom. The van der Waals surface area contributed by atoms with Crippen LogP contribution in [-0.4, -0.2) is 34.2 Å². The van der Waals surface area contributed by atoms with E-state index in [2.05, 4.69) is 33.3 Å². The number of nitrogens with zero attached hydrogens (tertiary/aromatic N) is 3. The van der Waals surface area contributed by atoms with E-state index in [0.29, 0.717) is 6.10 Å². The third-order valence-corrected chi connectivity index (χ3v) is 5.31. The first-order chi connectivity index (χ1) is 10.7. The van der Waals surface area contributed by atoms with Gasteiger partial charge in [-0.2, -0.15) is 0 Å². The van der Waals surface area contributed by atoms with E-state index in [-0.39, 0.29) is 0 Å². The first-order valence-corrected chi connectivity index (χ1v) is 8.41. The number of fused-ring (bicyclic) bond motifs is 3. The lowest BCUT2D eigenvalue weighted by Crippen LogP contribution is -2.18. The summed E-state index contributed by atoms with van der Waals surface area (Å²) >= 11 is 1.65. The summed E-state index contributed by atoms with van der Waals surface area (Å²) in [7, 11) is 0. The molecule has 3 aromatic heterocycles. The molecule has 1 unspecified atom stereocenters. The molecule has 22 heavy (non-hydrogen) atoms. The average molecular weight is 314 g/mol. The van der Waals surface area contributed by atoms with Crippen molar-refractivity contribution in [2.75, 3.05) is 18.5 Å². The summed E-state index contributed by atoms with van der Waals surface area (Å²) in [6.45, 7) is 5.80. The van der Waals surface area contributed by atoms with Crippen molar-refractivity contribution < 1.29 is 4.74 Å². The molecule has 1 aliphatic rings. The van der Waals surface area contributed by atoms with Crippen LogP contribution in [0.3, 0.4) is 0 Å². The Labute approximate surface area is 132 Å². The maximum Gasteiger partial charge on any atom is 0.147 e. The summed E-state index contributed by atoms with van der Waals surface area (Å²) < 4.78 is 6.74. The van der Waals surface area contributed by atoms with Gasteiger partial charge < -0.3 is 10.1 Å². The van der Waals surface area contributed by atoms with Crippen molar-refractivity contribution in [3.63, 3.8) is 0 Å². The molecule has 1 saturated heterocycles. The van der Waals surface area contributed by atoms with Gasteiger partial charge in [0, 0.05) is 24.2 Å². The Balaban J connectivity index is 1.75. The second kappa shape index (κ2) is 5.44. The van der Waals surface area contributed by atoms with Crippen molar-refractivity contribution in [1.29, 1.82) is 0 Å². The Hall–Kier alpha value is -1.79. The highest BCUT2D eigenvalue weighted by molar-refractivity contribution is 7.25. The molecule has 0 bridgehead atoms. The number of ether oxygens (including phenoxy) is 1. The van der Waals surface area contributed by atoms with Crippen molar-refractivity contribution in [2.24, 2.45) is 0 Å². The van der Waals surface area contributed by atoms with Crippen LogP contribution >= 0.6 is 11.3 Å². The number of anilines is 1. The number of pyridine rings is 1. The minimum atomic E-state index is 0.294. The number of rotatable bonds is 3. The summed E-state index contributed by atoms with van der Waals surface area (Å²) in [6.07, 6.45) is 4.19. The van der Waals surface area contributed by atoms with E-state index < -0.39 is 0 Å². The second-order valence-corrected chi connectivity index (χ2v) is 6.76. The van der Waals surface area contributed by atoms with Gasteiger partial charge in [0.25, 0.3) is 0 Å². The molecule has 1 aliphatic heterocycles. The smallest absolute Gasteiger partial charge is 0.147 e. The summed E-state index contributed by atoms with van der Waals surface area (Å²) in [5, 5.41) is 4.54. The molecule has 1 N–H and O–H groups in total. The molecule has 0 saturated carbocycles. The van der Waals surface area contributed by atoms with E-state index in [1.807, 2.05) is 6.92 Å². The normalized spacial score (nSPS) is 18.4. The number of thiophene rings is 1. The van der Waals surface area contributed by atoms with Crippen molar-refractivity contribution in [3.8, 4) is 0 Å². The largest absolute Gasteiger partial charge is 0.376 e. The predicted octanol–water partition coefficient (Wildman–Crippen LogP) is 3.45. The minimum Gasteiger partial charge on any atom is -0.376 e. The highest BCUT2D eigenvalue weighted by Crippen LogP contribution is 2.35. The van der Waals surface area contributed by atoms with Crippen LogP contribution in [0.5, 0.6) is 0 Å². The van der Waals surface area contributed by atoms with Crippen molar-refractivity contribution in [1.82, 2.24) is 15.0 Å². The molecule has 0 amide bonds. The Morgan fingerprint density at radius 1 is 1.36 bits per heavy atom. The Morgan fingerprint density at radius 3 is 3.09 bits per heavy atom. The third kappa shape index (κ3) is 2.32. The number of hydrogen-bond donors (Lipinski definition) is 1. The van der Waals surface area contributed by atoms with Crippen molar-refractivity contribution >= 4 is 37.6 Å². The first-order valence-electron chi connectivity index (χ1n) is 7.59. The molecule has 3 aromatic rings. The molecular formula is C16H18N4OS. The minimum absolute atomic E-state index is 0.294. The van der Waals surface area contributed by atoms with Crippen LogP contribution in [0, 0.1) is 13.8 Å². The Kier molecular flexibility index (Phi) is 3.43. The first kappa shape index (κ1) is 13.8. The lowest BCUT2D eigenvalue weighted by atomic mass is 10.2. The maximum absolute atomic E-state index is 5.66. The highest BCUT2D eigenvalue weighted by Gasteiger charge is 2.17. The van der Waals surface area contributed by atoms with Gasteiger partial charge in [-0.15, -0.1) is 11.3 Å². The van der Waals surface area contributed by atoms with Crippen LogP contribution in [0.4, 0.5) is 5.82 Å². The quantitative estimate of drug-likeness (QED) is 0.802. The standard InChI is InChI=1S/C16H18N4OS/c1-9-6-12-13-14(22-16(12)20-10(9)2)15(19-8-18-13)17-7-11-4-3-5-21-11/h6,8,11H,3-5,7H2,1-2H3,(H,17,18,19). The van der Waals surface area contributed by atoms with E-state index in [1.54, 1.807) is 17.7 Å². The molecule has 6 heteroatoms. The maximum atomic E-state index is 5.66. The van der Waals surface area contributed by atoms with Crippen LogP contribution in [0.2, 0.25) is 0 Å². The fraction of sp³-hybridized carbons (Fsp3) is 0.438. The highest BCUT2D eigenvalue weighted by atomic mass is 32.1. The van der Waals surface area contributed by atoms with Gasteiger partial charge in [0.15, 0.2) is 0 Å². The zero-order chi connectivity index (χ0) is 15.1. The Bertz CT molecular complexity index is 839. The molecule has 114 valence electrons. The zero-order valence-electron chi connectivity index (χ0n) is 12.7. The number of nitrogens with one attached hydrogen (secondary N) is 1. The fourth-order valence-electron chi connectivity index (χ4n) is 2.83. The van der Waals surface area contributed by atoms with Gasteiger partial charge in [-0.1, -0.05) is 0 Å². The van der Waals surface area contributed by atoms with Gasteiger partial charge in [-0.05, 0) is 38.3 Å². The fourth-order valence-corrected chi connectivity index (χ4v) is 3.95. The molecule has 5 nitrogen and oxygen atoms in total. The molecule has 0 spiro atoms. The number of aryl methyl sites for hydroxylation is 2. The van der Waals surface area contributed by atoms with Crippen LogP contribution in [-0.2, 0) is 4.74 Å². The van der Waals surface area contributed by atoms with Crippen LogP contribution in [0.25, 0.3) is 20.4 Å². The van der Waals surface area contributed by atoms with Crippen molar-refractivity contribution in [3.05, 3.63) is 23.7 Å². The van der Waals surface area contributed by atoms with Gasteiger partial charge in [-0.3, -0.25) is 0 Å². The molecule has 0 radical (unpaired) electrons. The summed E-state index contributed by atoms with van der Waals surface area (Å²) in [5.41, 5.74) is 3.25. The topological polar surface area (TPSA) is 59.9 Å². The lowest BCUT2D eigenvalue weighted by molar-refractivity contribution is 0.120. The second-order valence-electron chi connectivity index (χ2n) is 5.76. The van der Waals surface area contributed by atoms with Crippen molar-refractivity contribution in [2.45, 2.75) is 32.8 Å². The van der Waals surface area contributed by atoms with Gasteiger partial charge in [0.1, 0.15) is 17.0 Å². The zero-order valence-corrected chi connectivity index (χ0v) is 13.5. The molecular weight excluding hydrogens is 296 g/mol. The predicted molar refractivity (Wildman–Crippen MR) is 89.7 cm³/mol. The van der Waals surface area contributed by atoms with E-state index in [4.69, 9.17) is 4.74 Å². The average Bonchev–Trinajstić information content (AvgIpc) is 3.14. The van der Waals surface area contributed by atoms with Crippen LogP contribution < -0.4 is 5.32 Å².